The molecule has 0 aliphatic carbocycles. The smallest absolute Gasteiger partial charge is 0.244 e. The van der Waals surface area contributed by atoms with E-state index in [1.165, 1.54) is 10.4 Å². The van der Waals surface area contributed by atoms with Gasteiger partial charge < -0.3 is 5.11 Å². The van der Waals surface area contributed by atoms with Gasteiger partial charge >= 0.3 is 0 Å². The van der Waals surface area contributed by atoms with Crippen molar-refractivity contribution in [3.05, 3.63) is 29.3 Å². The van der Waals surface area contributed by atoms with Gasteiger partial charge in [0.15, 0.2) is 0 Å². The Bertz CT molecular complexity index is 489. The number of hydrogen-bond donors (Lipinski definition) is 1. The first-order valence-corrected chi connectivity index (χ1v) is 6.76. The molecule has 1 saturated heterocycles. The number of aliphatic hydroxyl groups is 1. The summed E-state index contributed by atoms with van der Waals surface area (Å²) in [6.07, 6.45) is -0.0961. The minimum Gasteiger partial charge on any atom is -0.392 e. The molecule has 88 valence electrons. The first-order valence-electron chi connectivity index (χ1n) is 4.94. The van der Waals surface area contributed by atoms with Crippen molar-refractivity contribution in [2.45, 2.75) is 17.4 Å². The van der Waals surface area contributed by atoms with Crippen molar-refractivity contribution in [3.8, 4) is 0 Å². The third kappa shape index (κ3) is 2.08. The van der Waals surface area contributed by atoms with Crippen LogP contribution in [0.15, 0.2) is 29.2 Å². The molecule has 0 radical (unpaired) electrons. The lowest BCUT2D eigenvalue weighted by atomic mass is 10.3. The van der Waals surface area contributed by atoms with Crippen molar-refractivity contribution >= 4 is 21.6 Å². The van der Waals surface area contributed by atoms with E-state index in [1.54, 1.807) is 18.2 Å². The first kappa shape index (κ1) is 11.9. The number of halogens is 1. The van der Waals surface area contributed by atoms with Crippen molar-refractivity contribution in [2.75, 3.05) is 13.1 Å². The number of aliphatic hydroxyl groups excluding tert-OH is 1. The van der Waals surface area contributed by atoms with Gasteiger partial charge in [-0.1, -0.05) is 23.7 Å². The molecular formula is C10H12ClNO3S. The molecule has 0 spiro atoms. The highest BCUT2D eigenvalue weighted by molar-refractivity contribution is 7.89. The molecule has 16 heavy (non-hydrogen) atoms. The minimum atomic E-state index is -3.56. The molecule has 1 N–H and O–H groups in total. The van der Waals surface area contributed by atoms with Crippen LogP contribution in [0.4, 0.5) is 0 Å². The van der Waals surface area contributed by atoms with Crippen LogP contribution < -0.4 is 0 Å². The predicted molar refractivity (Wildman–Crippen MR) is 60.8 cm³/mol. The monoisotopic (exact) mass is 261 g/mol. The number of nitrogens with zero attached hydrogens (tertiary/aromatic N) is 1. The number of sulfonamides is 1. The Kier molecular flexibility index (Phi) is 3.21. The molecule has 1 heterocycles. The maximum Gasteiger partial charge on any atom is 0.244 e. The highest BCUT2D eigenvalue weighted by atomic mass is 35.5. The van der Waals surface area contributed by atoms with Crippen LogP contribution in [0.1, 0.15) is 6.42 Å². The molecule has 0 amide bonds. The van der Waals surface area contributed by atoms with Gasteiger partial charge in [0.1, 0.15) is 4.90 Å². The molecule has 1 atom stereocenters. The predicted octanol–water partition coefficient (Wildman–Crippen LogP) is 1.10. The van der Waals surface area contributed by atoms with E-state index < -0.39 is 16.1 Å². The Balaban J connectivity index is 2.36. The normalized spacial score (nSPS) is 22.5. The average molecular weight is 262 g/mol. The van der Waals surface area contributed by atoms with Gasteiger partial charge in [0.25, 0.3) is 0 Å². The lowest BCUT2D eigenvalue weighted by Crippen LogP contribution is -2.29. The second-order valence-electron chi connectivity index (χ2n) is 3.74. The van der Waals surface area contributed by atoms with Gasteiger partial charge in [-0.25, -0.2) is 8.42 Å². The van der Waals surface area contributed by atoms with Gasteiger partial charge in [0.05, 0.1) is 11.1 Å². The number of rotatable bonds is 2. The fraction of sp³-hybridized carbons (Fsp3) is 0.400. The van der Waals surface area contributed by atoms with Crippen LogP contribution in [0.2, 0.25) is 5.02 Å². The van der Waals surface area contributed by atoms with Crippen LogP contribution in [0.5, 0.6) is 0 Å². The molecule has 0 aromatic heterocycles. The van der Waals surface area contributed by atoms with E-state index in [1.807, 2.05) is 0 Å². The first-order chi connectivity index (χ1) is 7.51. The quantitative estimate of drug-likeness (QED) is 0.867. The third-order valence-electron chi connectivity index (χ3n) is 2.58. The summed E-state index contributed by atoms with van der Waals surface area (Å²) in [7, 11) is -3.56. The van der Waals surface area contributed by atoms with E-state index in [0.717, 1.165) is 0 Å². The molecule has 0 bridgehead atoms. The molecule has 2 rings (SSSR count). The molecule has 1 fully saturated rings. The maximum atomic E-state index is 12.1. The number of β-amino-alcohol motifs (C(OH)–C–C–N with tert-alkyl or cyclic N) is 1. The highest BCUT2D eigenvalue weighted by Gasteiger charge is 2.32. The molecule has 1 aliphatic heterocycles. The van der Waals surface area contributed by atoms with Crippen LogP contribution in [0, 0.1) is 0 Å². The van der Waals surface area contributed by atoms with Crippen molar-refractivity contribution in [3.63, 3.8) is 0 Å². The van der Waals surface area contributed by atoms with Crippen LogP contribution >= 0.6 is 11.6 Å². The summed E-state index contributed by atoms with van der Waals surface area (Å²) in [4.78, 5) is 0.103. The summed E-state index contributed by atoms with van der Waals surface area (Å²) >= 11 is 5.86. The zero-order chi connectivity index (χ0) is 11.8. The maximum absolute atomic E-state index is 12.1. The van der Waals surface area contributed by atoms with Gasteiger partial charge in [0, 0.05) is 13.1 Å². The summed E-state index contributed by atoms with van der Waals surface area (Å²) in [6.45, 7) is 0.488. The van der Waals surface area contributed by atoms with Crippen molar-refractivity contribution in [2.24, 2.45) is 0 Å². The van der Waals surface area contributed by atoms with Gasteiger partial charge in [-0.2, -0.15) is 4.31 Å². The number of benzene rings is 1. The average Bonchev–Trinajstić information content (AvgIpc) is 2.66. The lowest BCUT2D eigenvalue weighted by Gasteiger charge is -2.16. The fourth-order valence-corrected chi connectivity index (χ4v) is 3.71. The van der Waals surface area contributed by atoms with Gasteiger partial charge in [-0.05, 0) is 18.6 Å². The topological polar surface area (TPSA) is 57.6 Å². The SMILES string of the molecule is O=S(=O)(c1ccccc1Cl)N1CC[C@@H](O)C1. The van der Waals surface area contributed by atoms with Gasteiger partial charge in [-0.3, -0.25) is 0 Å². The zero-order valence-corrected chi connectivity index (χ0v) is 10.1. The van der Waals surface area contributed by atoms with E-state index in [-0.39, 0.29) is 16.5 Å². The Labute approximate surface area is 99.5 Å². The molecule has 0 saturated carbocycles. The standard InChI is InChI=1S/C10H12ClNO3S/c11-9-3-1-2-4-10(9)16(14,15)12-6-5-8(13)7-12/h1-4,8,13H,5-7H2/t8-/m1/s1. The molecular weight excluding hydrogens is 250 g/mol. The fourth-order valence-electron chi connectivity index (χ4n) is 1.72. The van der Waals surface area contributed by atoms with E-state index >= 15 is 0 Å². The summed E-state index contributed by atoms with van der Waals surface area (Å²) in [5.41, 5.74) is 0. The summed E-state index contributed by atoms with van der Waals surface area (Å²) in [6, 6.07) is 6.33. The molecule has 0 unspecified atom stereocenters. The van der Waals surface area contributed by atoms with Crippen LogP contribution in [-0.4, -0.2) is 37.0 Å². The number of hydrogen-bond acceptors (Lipinski definition) is 3. The van der Waals surface area contributed by atoms with E-state index in [4.69, 9.17) is 11.6 Å². The molecule has 1 aliphatic rings. The van der Waals surface area contributed by atoms with Crippen LogP contribution in [0.3, 0.4) is 0 Å². The van der Waals surface area contributed by atoms with E-state index in [0.29, 0.717) is 13.0 Å². The van der Waals surface area contributed by atoms with Gasteiger partial charge in [0.2, 0.25) is 10.0 Å². The van der Waals surface area contributed by atoms with E-state index in [2.05, 4.69) is 0 Å². The van der Waals surface area contributed by atoms with Crippen molar-refractivity contribution in [1.29, 1.82) is 0 Å². The largest absolute Gasteiger partial charge is 0.392 e. The molecule has 4 nitrogen and oxygen atoms in total. The van der Waals surface area contributed by atoms with E-state index in [9.17, 15) is 13.5 Å². The van der Waals surface area contributed by atoms with Crippen LogP contribution in [-0.2, 0) is 10.0 Å². The second-order valence-corrected chi connectivity index (χ2v) is 6.05. The molecule has 1 aromatic rings. The minimum absolute atomic E-state index is 0.103. The zero-order valence-electron chi connectivity index (χ0n) is 8.51. The Morgan fingerprint density at radius 2 is 2.06 bits per heavy atom. The highest BCUT2D eigenvalue weighted by Crippen LogP contribution is 2.26. The lowest BCUT2D eigenvalue weighted by molar-refractivity contribution is 0.189. The Hall–Kier alpha value is -0.620. The summed E-state index contributed by atoms with van der Waals surface area (Å²) < 4.78 is 25.5. The summed E-state index contributed by atoms with van der Waals surface area (Å²) in [5, 5.41) is 9.55. The van der Waals surface area contributed by atoms with Gasteiger partial charge in [-0.15, -0.1) is 0 Å². The third-order valence-corrected chi connectivity index (χ3v) is 4.95. The molecule has 1 aromatic carbocycles. The van der Waals surface area contributed by atoms with Crippen molar-refractivity contribution in [1.82, 2.24) is 4.31 Å². The second kappa shape index (κ2) is 4.33. The molecule has 6 heteroatoms. The Morgan fingerprint density at radius 1 is 1.38 bits per heavy atom. The summed E-state index contributed by atoms with van der Waals surface area (Å²) in [5.74, 6) is 0. The van der Waals surface area contributed by atoms with Crippen molar-refractivity contribution < 1.29 is 13.5 Å². The van der Waals surface area contributed by atoms with Crippen LogP contribution in [0.25, 0.3) is 0 Å². The Morgan fingerprint density at radius 3 is 2.62 bits per heavy atom.